The number of benzene rings is 1. The van der Waals surface area contributed by atoms with Crippen molar-refractivity contribution in [1.82, 2.24) is 15.2 Å². The van der Waals surface area contributed by atoms with Crippen LogP contribution in [0.4, 0.5) is 14.6 Å². The summed E-state index contributed by atoms with van der Waals surface area (Å²) < 4.78 is 26.5. The molecular formula is C22H26F2N4O. The maximum absolute atomic E-state index is 13.4. The minimum atomic E-state index is -0.863. The van der Waals surface area contributed by atoms with Gasteiger partial charge in [0.25, 0.3) is 0 Å². The average molecular weight is 400 g/mol. The molecule has 1 amide bonds. The van der Waals surface area contributed by atoms with Gasteiger partial charge in [0.2, 0.25) is 5.91 Å². The molecule has 29 heavy (non-hydrogen) atoms. The van der Waals surface area contributed by atoms with Crippen LogP contribution in [0.5, 0.6) is 0 Å². The highest BCUT2D eigenvalue weighted by Crippen LogP contribution is 2.47. The van der Waals surface area contributed by atoms with Gasteiger partial charge >= 0.3 is 0 Å². The lowest BCUT2D eigenvalue weighted by Gasteiger charge is -2.34. The summed E-state index contributed by atoms with van der Waals surface area (Å²) in [5, 5.41) is 2.97. The Bertz CT molecular complexity index is 883. The third-order valence-corrected chi connectivity index (χ3v) is 5.92. The van der Waals surface area contributed by atoms with Crippen LogP contribution in [0.2, 0.25) is 0 Å². The van der Waals surface area contributed by atoms with Crippen LogP contribution < -0.4 is 10.2 Å². The van der Waals surface area contributed by atoms with E-state index >= 15 is 0 Å². The van der Waals surface area contributed by atoms with Crippen molar-refractivity contribution < 1.29 is 13.6 Å². The third-order valence-electron chi connectivity index (χ3n) is 5.92. The molecule has 1 saturated carbocycles. The number of aromatic nitrogens is 1. The van der Waals surface area contributed by atoms with Gasteiger partial charge in [-0.15, -0.1) is 0 Å². The molecule has 7 heteroatoms. The van der Waals surface area contributed by atoms with Crippen molar-refractivity contribution in [2.45, 2.75) is 25.8 Å². The molecule has 0 spiro atoms. The number of nitrogens with zero attached hydrogens (tertiary/aromatic N) is 3. The van der Waals surface area contributed by atoms with Crippen LogP contribution in [0.25, 0.3) is 0 Å². The molecule has 5 nitrogen and oxygen atoms in total. The van der Waals surface area contributed by atoms with Gasteiger partial charge in [0.1, 0.15) is 5.82 Å². The van der Waals surface area contributed by atoms with Crippen LogP contribution in [0, 0.1) is 17.6 Å². The number of amides is 1. The molecule has 2 fully saturated rings. The van der Waals surface area contributed by atoms with Crippen molar-refractivity contribution in [3.8, 4) is 0 Å². The summed E-state index contributed by atoms with van der Waals surface area (Å²) >= 11 is 0. The number of halogens is 2. The summed E-state index contributed by atoms with van der Waals surface area (Å²) in [4.78, 5) is 21.6. The Kier molecular flexibility index (Phi) is 5.76. The van der Waals surface area contributed by atoms with Crippen molar-refractivity contribution >= 4 is 11.7 Å². The normalized spacial score (nSPS) is 21.8. The predicted molar refractivity (Wildman–Crippen MR) is 108 cm³/mol. The second-order valence-corrected chi connectivity index (χ2v) is 7.78. The van der Waals surface area contributed by atoms with Crippen molar-refractivity contribution in [1.29, 1.82) is 0 Å². The van der Waals surface area contributed by atoms with E-state index in [0.29, 0.717) is 18.5 Å². The lowest BCUT2D eigenvalue weighted by Crippen LogP contribution is -2.46. The number of pyridine rings is 1. The minimum Gasteiger partial charge on any atom is -0.354 e. The predicted octanol–water partition coefficient (Wildman–Crippen LogP) is 2.92. The molecule has 154 valence electrons. The molecule has 2 heterocycles. The largest absolute Gasteiger partial charge is 0.354 e. The molecule has 1 aromatic carbocycles. The molecular weight excluding hydrogens is 374 g/mol. The highest BCUT2D eigenvalue weighted by molar-refractivity contribution is 5.82. The fourth-order valence-corrected chi connectivity index (χ4v) is 3.95. The Morgan fingerprint density at radius 2 is 1.93 bits per heavy atom. The maximum Gasteiger partial charge on any atom is 0.224 e. The SMILES string of the molecule is CCN1CCN(c2cc(CNC(=O)C3CC3c3ccc(F)c(F)c3)ccn2)CC1. The number of rotatable bonds is 6. The first kappa shape index (κ1) is 19.8. The second kappa shape index (κ2) is 8.45. The Labute approximate surface area is 169 Å². The van der Waals surface area contributed by atoms with E-state index in [4.69, 9.17) is 0 Å². The van der Waals surface area contributed by atoms with Gasteiger partial charge < -0.3 is 15.1 Å². The monoisotopic (exact) mass is 400 g/mol. The van der Waals surface area contributed by atoms with Crippen LogP contribution in [-0.4, -0.2) is 48.5 Å². The molecule has 1 aliphatic heterocycles. The topological polar surface area (TPSA) is 48.5 Å². The zero-order valence-corrected chi connectivity index (χ0v) is 16.6. The summed E-state index contributed by atoms with van der Waals surface area (Å²) in [6.07, 6.45) is 2.45. The van der Waals surface area contributed by atoms with E-state index in [1.165, 1.54) is 6.07 Å². The molecule has 4 rings (SSSR count). The zero-order chi connectivity index (χ0) is 20.4. The number of hydrogen-bond acceptors (Lipinski definition) is 4. The molecule has 1 N–H and O–H groups in total. The molecule has 2 unspecified atom stereocenters. The number of nitrogens with one attached hydrogen (secondary N) is 1. The Balaban J connectivity index is 1.30. The average Bonchev–Trinajstić information content (AvgIpc) is 3.55. The Morgan fingerprint density at radius 3 is 2.66 bits per heavy atom. The summed E-state index contributed by atoms with van der Waals surface area (Å²) in [6, 6.07) is 7.81. The number of likely N-dealkylation sites (N-methyl/N-ethyl adjacent to an activating group) is 1. The van der Waals surface area contributed by atoms with Gasteiger partial charge in [0, 0.05) is 44.8 Å². The van der Waals surface area contributed by atoms with Crippen LogP contribution >= 0.6 is 0 Å². The van der Waals surface area contributed by atoms with Gasteiger partial charge in [-0.2, -0.15) is 0 Å². The highest BCUT2D eigenvalue weighted by Gasteiger charge is 2.44. The minimum absolute atomic E-state index is 0.0343. The zero-order valence-electron chi connectivity index (χ0n) is 16.6. The van der Waals surface area contributed by atoms with E-state index < -0.39 is 11.6 Å². The van der Waals surface area contributed by atoms with Crippen molar-refractivity contribution in [3.05, 3.63) is 59.3 Å². The quantitative estimate of drug-likeness (QED) is 0.810. The maximum atomic E-state index is 13.4. The van der Waals surface area contributed by atoms with Gasteiger partial charge in [-0.25, -0.2) is 13.8 Å². The van der Waals surface area contributed by atoms with Gasteiger partial charge in [-0.3, -0.25) is 4.79 Å². The fourth-order valence-electron chi connectivity index (χ4n) is 3.95. The number of anilines is 1. The highest BCUT2D eigenvalue weighted by atomic mass is 19.2. The molecule has 2 atom stereocenters. The van der Waals surface area contributed by atoms with E-state index in [1.807, 2.05) is 12.1 Å². The van der Waals surface area contributed by atoms with E-state index in [-0.39, 0.29) is 17.7 Å². The van der Waals surface area contributed by atoms with E-state index in [0.717, 1.165) is 50.2 Å². The molecule has 1 aromatic heterocycles. The molecule has 2 aliphatic rings. The van der Waals surface area contributed by atoms with E-state index in [1.54, 1.807) is 12.3 Å². The molecule has 0 radical (unpaired) electrons. The number of carbonyl (C=O) groups excluding carboxylic acids is 1. The number of hydrogen-bond donors (Lipinski definition) is 1. The van der Waals surface area contributed by atoms with Crippen molar-refractivity contribution in [3.63, 3.8) is 0 Å². The third kappa shape index (κ3) is 4.56. The van der Waals surface area contributed by atoms with Gasteiger partial charge in [0.15, 0.2) is 11.6 Å². The van der Waals surface area contributed by atoms with Crippen LogP contribution in [-0.2, 0) is 11.3 Å². The van der Waals surface area contributed by atoms with Crippen LogP contribution in [0.15, 0.2) is 36.5 Å². The smallest absolute Gasteiger partial charge is 0.224 e. The standard InChI is InChI=1S/C22H26F2N4O/c1-2-27-7-9-28(10-8-27)21-11-15(5-6-25-21)14-26-22(29)18-13-17(18)16-3-4-19(23)20(24)12-16/h3-6,11-12,17-18H,2,7-10,13-14H2,1H3,(H,26,29). The van der Waals surface area contributed by atoms with Gasteiger partial charge in [0.05, 0.1) is 0 Å². The van der Waals surface area contributed by atoms with Crippen molar-refractivity contribution in [2.24, 2.45) is 5.92 Å². The number of piperazine rings is 1. The molecule has 0 bridgehead atoms. The van der Waals surface area contributed by atoms with Crippen LogP contribution in [0.3, 0.4) is 0 Å². The lowest BCUT2D eigenvalue weighted by molar-refractivity contribution is -0.122. The van der Waals surface area contributed by atoms with Crippen LogP contribution in [0.1, 0.15) is 30.4 Å². The molecule has 1 aliphatic carbocycles. The Hall–Kier alpha value is -2.54. The summed E-state index contributed by atoms with van der Waals surface area (Å²) in [5.74, 6) is -1.04. The van der Waals surface area contributed by atoms with Gasteiger partial charge in [-0.05, 0) is 54.3 Å². The van der Waals surface area contributed by atoms with E-state index in [9.17, 15) is 13.6 Å². The first-order valence-electron chi connectivity index (χ1n) is 10.2. The number of carbonyl (C=O) groups is 1. The van der Waals surface area contributed by atoms with Gasteiger partial charge in [-0.1, -0.05) is 13.0 Å². The molecule has 1 saturated heterocycles. The van der Waals surface area contributed by atoms with Crippen molar-refractivity contribution in [2.75, 3.05) is 37.6 Å². The fraction of sp³-hybridized carbons (Fsp3) is 0.455. The first-order chi connectivity index (χ1) is 14.0. The second-order valence-electron chi connectivity index (χ2n) is 7.78. The lowest BCUT2D eigenvalue weighted by atomic mass is 10.1. The van der Waals surface area contributed by atoms with E-state index in [2.05, 4.69) is 27.0 Å². The first-order valence-corrected chi connectivity index (χ1v) is 10.2. The molecule has 2 aromatic rings. The Morgan fingerprint density at radius 1 is 1.14 bits per heavy atom. The summed E-state index contributed by atoms with van der Waals surface area (Å²) in [5.41, 5.74) is 1.69. The summed E-state index contributed by atoms with van der Waals surface area (Å²) in [6.45, 7) is 7.65. The summed E-state index contributed by atoms with van der Waals surface area (Å²) in [7, 11) is 0.